The lowest BCUT2D eigenvalue weighted by Crippen LogP contribution is -2.36. The van der Waals surface area contributed by atoms with E-state index < -0.39 is 20.0 Å². The molecule has 0 aromatic heterocycles. The number of benzene rings is 1. The molecule has 0 spiro atoms. The van der Waals surface area contributed by atoms with Crippen LogP contribution in [0.15, 0.2) is 29.2 Å². The lowest BCUT2D eigenvalue weighted by atomic mass is 10.2. The van der Waals surface area contributed by atoms with E-state index in [1.807, 2.05) is 13.0 Å². The van der Waals surface area contributed by atoms with E-state index in [2.05, 4.69) is 0 Å². The molecule has 1 aromatic carbocycles. The van der Waals surface area contributed by atoms with Gasteiger partial charge in [0.2, 0.25) is 20.0 Å². The Kier molecular flexibility index (Phi) is 4.72. The van der Waals surface area contributed by atoms with Gasteiger partial charge in [-0.1, -0.05) is 12.1 Å². The summed E-state index contributed by atoms with van der Waals surface area (Å²) in [7, 11) is -6.84. The van der Waals surface area contributed by atoms with Gasteiger partial charge < -0.3 is 0 Å². The van der Waals surface area contributed by atoms with Gasteiger partial charge in [-0.05, 0) is 31.0 Å². The van der Waals surface area contributed by atoms with Crippen molar-refractivity contribution in [3.63, 3.8) is 0 Å². The number of hydrogen-bond donors (Lipinski definition) is 0. The molecule has 0 radical (unpaired) electrons. The average Bonchev–Trinajstić information content (AvgIpc) is 2.64. The number of hydrogen-bond acceptors (Lipinski definition) is 4. The third kappa shape index (κ3) is 3.82. The van der Waals surface area contributed by atoms with Crippen LogP contribution >= 0.6 is 0 Å². The Morgan fingerprint density at radius 3 is 2.19 bits per heavy atom. The molecule has 21 heavy (non-hydrogen) atoms. The highest BCUT2D eigenvalue weighted by molar-refractivity contribution is 7.89. The van der Waals surface area contributed by atoms with Gasteiger partial charge in [0.25, 0.3) is 0 Å². The van der Waals surface area contributed by atoms with Crippen LogP contribution in [0, 0.1) is 6.92 Å². The zero-order valence-corrected chi connectivity index (χ0v) is 13.8. The van der Waals surface area contributed by atoms with Crippen molar-refractivity contribution < 1.29 is 16.8 Å². The second-order valence-electron chi connectivity index (χ2n) is 5.24. The van der Waals surface area contributed by atoms with E-state index >= 15 is 0 Å². The summed E-state index contributed by atoms with van der Waals surface area (Å²) in [5.41, 5.74) is 0.878. The molecule has 6 nitrogen and oxygen atoms in total. The molecule has 1 aliphatic heterocycles. The smallest absolute Gasteiger partial charge is 0.213 e. The minimum absolute atomic E-state index is 0.184. The number of rotatable bonds is 3. The Morgan fingerprint density at radius 1 is 0.952 bits per heavy atom. The number of nitrogens with zero attached hydrogens (tertiary/aromatic N) is 2. The molecule has 0 unspecified atom stereocenters. The maximum Gasteiger partial charge on any atom is 0.243 e. The van der Waals surface area contributed by atoms with Crippen LogP contribution in [0.5, 0.6) is 0 Å². The fourth-order valence-electron chi connectivity index (χ4n) is 2.37. The van der Waals surface area contributed by atoms with Crippen molar-refractivity contribution in [2.24, 2.45) is 0 Å². The Morgan fingerprint density at radius 2 is 1.57 bits per heavy atom. The van der Waals surface area contributed by atoms with Crippen molar-refractivity contribution in [3.8, 4) is 0 Å². The van der Waals surface area contributed by atoms with Gasteiger partial charge >= 0.3 is 0 Å². The van der Waals surface area contributed by atoms with E-state index in [1.54, 1.807) is 18.2 Å². The van der Waals surface area contributed by atoms with Crippen molar-refractivity contribution in [3.05, 3.63) is 29.8 Å². The van der Waals surface area contributed by atoms with Gasteiger partial charge in [-0.25, -0.2) is 21.1 Å². The minimum Gasteiger partial charge on any atom is -0.213 e. The molecule has 1 aliphatic rings. The van der Waals surface area contributed by atoms with Gasteiger partial charge in [0.15, 0.2) is 0 Å². The van der Waals surface area contributed by atoms with Crippen LogP contribution in [0.2, 0.25) is 0 Å². The summed E-state index contributed by atoms with van der Waals surface area (Å²) in [6.45, 7) is 2.92. The molecule has 118 valence electrons. The maximum absolute atomic E-state index is 12.6. The fourth-order valence-corrected chi connectivity index (χ4v) is 4.82. The topological polar surface area (TPSA) is 74.8 Å². The Hall–Kier alpha value is -0.960. The second kappa shape index (κ2) is 6.04. The molecule has 1 heterocycles. The highest BCUT2D eigenvalue weighted by atomic mass is 32.2. The van der Waals surface area contributed by atoms with Crippen LogP contribution in [0.1, 0.15) is 12.0 Å². The summed E-state index contributed by atoms with van der Waals surface area (Å²) >= 11 is 0. The van der Waals surface area contributed by atoms with Gasteiger partial charge in [-0.3, -0.25) is 0 Å². The van der Waals surface area contributed by atoms with Crippen LogP contribution in [0.25, 0.3) is 0 Å². The van der Waals surface area contributed by atoms with E-state index in [9.17, 15) is 16.8 Å². The number of aryl methyl sites for hydroxylation is 1. The van der Waals surface area contributed by atoms with E-state index in [0.29, 0.717) is 19.5 Å². The zero-order valence-electron chi connectivity index (χ0n) is 12.2. The first-order chi connectivity index (χ1) is 9.71. The van der Waals surface area contributed by atoms with Crippen molar-refractivity contribution in [2.45, 2.75) is 18.2 Å². The largest absolute Gasteiger partial charge is 0.243 e. The molecule has 8 heteroatoms. The molecule has 0 saturated carbocycles. The molecule has 0 bridgehead atoms. The first-order valence-electron chi connectivity index (χ1n) is 6.73. The zero-order chi connectivity index (χ0) is 15.7. The summed E-state index contributed by atoms with van der Waals surface area (Å²) in [6, 6.07) is 6.76. The molecular weight excluding hydrogens is 312 g/mol. The van der Waals surface area contributed by atoms with E-state index in [1.165, 1.54) is 8.61 Å². The summed E-state index contributed by atoms with van der Waals surface area (Å²) in [5, 5.41) is 0. The average molecular weight is 332 g/mol. The lowest BCUT2D eigenvalue weighted by Gasteiger charge is -2.20. The summed E-state index contributed by atoms with van der Waals surface area (Å²) in [6.07, 6.45) is 1.65. The summed E-state index contributed by atoms with van der Waals surface area (Å²) in [4.78, 5) is 0.260. The van der Waals surface area contributed by atoms with Gasteiger partial charge in [0.1, 0.15) is 0 Å². The fraction of sp³-hybridized carbons (Fsp3) is 0.538. The lowest BCUT2D eigenvalue weighted by molar-refractivity contribution is 0.406. The van der Waals surface area contributed by atoms with Gasteiger partial charge in [0, 0.05) is 26.2 Å². The Labute approximate surface area is 126 Å². The molecule has 0 N–H and O–H groups in total. The van der Waals surface area contributed by atoms with E-state index in [-0.39, 0.29) is 18.0 Å². The highest BCUT2D eigenvalue weighted by Gasteiger charge is 2.29. The SMILES string of the molecule is Cc1cccc(S(=O)(=O)N2CCCN(S(C)(=O)=O)CC2)c1. The number of sulfonamides is 2. The van der Waals surface area contributed by atoms with Crippen molar-refractivity contribution >= 4 is 20.0 Å². The van der Waals surface area contributed by atoms with Crippen LogP contribution in [0.4, 0.5) is 0 Å². The third-order valence-corrected chi connectivity index (χ3v) is 6.71. The standard InChI is InChI=1S/C13H20N2O4S2/c1-12-5-3-6-13(11-12)21(18,19)15-8-4-7-14(9-10-15)20(2,16)17/h3,5-6,11H,4,7-10H2,1-2H3. The molecular formula is C13H20N2O4S2. The van der Waals surface area contributed by atoms with E-state index in [0.717, 1.165) is 11.8 Å². The van der Waals surface area contributed by atoms with Crippen molar-refractivity contribution in [2.75, 3.05) is 32.4 Å². The molecule has 1 saturated heterocycles. The van der Waals surface area contributed by atoms with E-state index in [4.69, 9.17) is 0 Å². The molecule has 0 amide bonds. The van der Waals surface area contributed by atoms with Gasteiger partial charge in [-0.15, -0.1) is 0 Å². The van der Waals surface area contributed by atoms with Crippen LogP contribution in [-0.4, -0.2) is 57.9 Å². The predicted octanol–water partition coefficient (Wildman–Crippen LogP) is 0.651. The first-order valence-corrected chi connectivity index (χ1v) is 10.0. The van der Waals surface area contributed by atoms with Crippen molar-refractivity contribution in [1.29, 1.82) is 0 Å². The second-order valence-corrected chi connectivity index (χ2v) is 9.16. The van der Waals surface area contributed by atoms with Crippen LogP contribution in [-0.2, 0) is 20.0 Å². The Bertz CT molecular complexity index is 713. The maximum atomic E-state index is 12.6. The molecule has 2 rings (SSSR count). The van der Waals surface area contributed by atoms with Crippen molar-refractivity contribution in [1.82, 2.24) is 8.61 Å². The minimum atomic E-state index is -3.56. The molecule has 1 aromatic rings. The third-order valence-electron chi connectivity index (χ3n) is 3.51. The van der Waals surface area contributed by atoms with Gasteiger partial charge in [-0.2, -0.15) is 4.31 Å². The predicted molar refractivity (Wildman–Crippen MR) is 81.0 cm³/mol. The van der Waals surface area contributed by atoms with Crippen LogP contribution < -0.4 is 0 Å². The molecule has 1 fully saturated rings. The monoisotopic (exact) mass is 332 g/mol. The molecule has 0 aliphatic carbocycles. The van der Waals surface area contributed by atoms with Gasteiger partial charge in [0.05, 0.1) is 11.2 Å². The molecule has 0 atom stereocenters. The quantitative estimate of drug-likeness (QED) is 0.814. The first kappa shape index (κ1) is 16.4. The summed E-state index contributed by atoms with van der Waals surface area (Å²) in [5.74, 6) is 0. The normalized spacial score (nSPS) is 19.3. The summed E-state index contributed by atoms with van der Waals surface area (Å²) < 4.78 is 51.0. The highest BCUT2D eigenvalue weighted by Crippen LogP contribution is 2.19. The van der Waals surface area contributed by atoms with Crippen LogP contribution in [0.3, 0.4) is 0 Å². The Balaban J connectivity index is 2.22.